The van der Waals surface area contributed by atoms with Crippen molar-refractivity contribution in [3.63, 3.8) is 0 Å². The summed E-state index contributed by atoms with van der Waals surface area (Å²) in [5.41, 5.74) is 0. The number of ether oxygens (including phenoxy) is 1. The van der Waals surface area contributed by atoms with Crippen LogP contribution in [0.25, 0.3) is 0 Å². The Morgan fingerprint density at radius 3 is 2.55 bits per heavy atom. The molecule has 4 atom stereocenters. The summed E-state index contributed by atoms with van der Waals surface area (Å²) in [7, 11) is 0. The van der Waals surface area contributed by atoms with Crippen LogP contribution < -0.4 is 5.32 Å². The Balaban J connectivity index is 1.43. The van der Waals surface area contributed by atoms with Gasteiger partial charge in [-0.05, 0) is 31.2 Å². The van der Waals surface area contributed by atoms with Gasteiger partial charge in [0.05, 0.1) is 25.0 Å². The zero-order chi connectivity index (χ0) is 15.5. The van der Waals surface area contributed by atoms with Crippen LogP contribution in [-0.4, -0.2) is 61.3 Å². The van der Waals surface area contributed by atoms with Gasteiger partial charge in [-0.3, -0.25) is 14.5 Å². The van der Waals surface area contributed by atoms with Crippen LogP contribution in [0.15, 0.2) is 12.2 Å². The molecule has 1 amide bonds. The first-order valence-electron chi connectivity index (χ1n) is 8.16. The van der Waals surface area contributed by atoms with Gasteiger partial charge in [-0.15, -0.1) is 0 Å². The summed E-state index contributed by atoms with van der Waals surface area (Å²) in [6.45, 7) is 5.02. The molecule has 3 aliphatic rings. The number of carboxylic acids is 1. The largest absolute Gasteiger partial charge is 0.481 e. The van der Waals surface area contributed by atoms with Gasteiger partial charge in [0.25, 0.3) is 0 Å². The lowest BCUT2D eigenvalue weighted by atomic mass is 9.82. The van der Waals surface area contributed by atoms with E-state index in [2.05, 4.69) is 10.2 Å². The first-order valence-corrected chi connectivity index (χ1v) is 8.16. The van der Waals surface area contributed by atoms with Crippen LogP contribution in [0.4, 0.5) is 0 Å². The Bertz CT molecular complexity index is 459. The van der Waals surface area contributed by atoms with E-state index in [4.69, 9.17) is 4.74 Å². The second-order valence-corrected chi connectivity index (χ2v) is 6.44. The van der Waals surface area contributed by atoms with Crippen LogP contribution in [0.3, 0.4) is 0 Å². The summed E-state index contributed by atoms with van der Waals surface area (Å²) in [4.78, 5) is 26.1. The highest BCUT2D eigenvalue weighted by atomic mass is 16.5. The van der Waals surface area contributed by atoms with Crippen molar-refractivity contribution in [2.75, 3.05) is 39.4 Å². The molecule has 1 heterocycles. The fraction of sp³-hybridized carbons (Fsp3) is 0.750. The Morgan fingerprint density at radius 2 is 1.86 bits per heavy atom. The summed E-state index contributed by atoms with van der Waals surface area (Å²) in [5, 5.41) is 12.3. The molecule has 6 nitrogen and oxygen atoms in total. The van der Waals surface area contributed by atoms with Gasteiger partial charge in [0.1, 0.15) is 0 Å². The number of nitrogens with one attached hydrogen (secondary N) is 1. The molecule has 0 aromatic rings. The lowest BCUT2D eigenvalue weighted by Gasteiger charge is -2.27. The maximum Gasteiger partial charge on any atom is 0.307 e. The Labute approximate surface area is 130 Å². The van der Waals surface area contributed by atoms with Crippen LogP contribution in [-0.2, 0) is 14.3 Å². The van der Waals surface area contributed by atoms with Crippen molar-refractivity contribution in [2.24, 2.45) is 23.7 Å². The number of rotatable bonds is 6. The topological polar surface area (TPSA) is 78.9 Å². The molecule has 0 aromatic carbocycles. The maximum atomic E-state index is 12.4. The normalized spacial score (nSPS) is 34.0. The van der Waals surface area contributed by atoms with Gasteiger partial charge in [0.2, 0.25) is 5.91 Å². The molecule has 2 bridgehead atoms. The molecule has 2 aliphatic carbocycles. The molecule has 0 spiro atoms. The first kappa shape index (κ1) is 15.5. The second kappa shape index (κ2) is 6.79. The predicted molar refractivity (Wildman–Crippen MR) is 80.2 cm³/mol. The molecule has 2 fully saturated rings. The number of carbonyl (C=O) groups is 2. The molecule has 1 aliphatic heterocycles. The molecule has 0 unspecified atom stereocenters. The number of allylic oxidation sites excluding steroid dienone is 2. The van der Waals surface area contributed by atoms with Crippen molar-refractivity contribution in [1.29, 1.82) is 0 Å². The van der Waals surface area contributed by atoms with E-state index in [0.29, 0.717) is 6.54 Å². The highest BCUT2D eigenvalue weighted by molar-refractivity contribution is 5.86. The zero-order valence-electron chi connectivity index (χ0n) is 12.7. The molecular formula is C16H24N2O4. The number of carboxylic acid groups (broad SMARTS) is 1. The highest BCUT2D eigenvalue weighted by Gasteiger charge is 2.51. The van der Waals surface area contributed by atoms with E-state index < -0.39 is 17.8 Å². The van der Waals surface area contributed by atoms with E-state index in [9.17, 15) is 14.7 Å². The predicted octanol–water partition coefficient (Wildman–Crippen LogP) is 0.348. The molecule has 2 N–H and O–H groups in total. The molecule has 0 radical (unpaired) electrons. The first-order chi connectivity index (χ1) is 10.7. The van der Waals surface area contributed by atoms with E-state index in [1.165, 1.54) is 0 Å². The number of aliphatic carboxylic acids is 1. The van der Waals surface area contributed by atoms with Crippen molar-refractivity contribution < 1.29 is 19.4 Å². The van der Waals surface area contributed by atoms with E-state index in [1.54, 1.807) is 0 Å². The smallest absolute Gasteiger partial charge is 0.307 e. The molecule has 6 heteroatoms. The molecule has 3 rings (SSSR count). The summed E-state index contributed by atoms with van der Waals surface area (Å²) in [6.07, 6.45) is 5.68. The van der Waals surface area contributed by atoms with Crippen LogP contribution in [0.2, 0.25) is 0 Å². The minimum Gasteiger partial charge on any atom is -0.481 e. The number of morpholine rings is 1. The second-order valence-electron chi connectivity index (χ2n) is 6.44. The monoisotopic (exact) mass is 308 g/mol. The van der Waals surface area contributed by atoms with Gasteiger partial charge in [-0.2, -0.15) is 0 Å². The number of hydrogen-bond acceptors (Lipinski definition) is 4. The summed E-state index contributed by atoms with van der Waals surface area (Å²) in [6, 6.07) is 0. The van der Waals surface area contributed by atoms with Crippen molar-refractivity contribution in [1.82, 2.24) is 10.2 Å². The molecule has 1 saturated carbocycles. The number of hydrogen-bond donors (Lipinski definition) is 2. The highest BCUT2D eigenvalue weighted by Crippen LogP contribution is 2.48. The van der Waals surface area contributed by atoms with Crippen LogP contribution in [0, 0.1) is 23.7 Å². The van der Waals surface area contributed by atoms with Crippen molar-refractivity contribution in [3.8, 4) is 0 Å². The average Bonchev–Trinajstić information content (AvgIpc) is 3.13. The minimum absolute atomic E-state index is 0.0339. The van der Waals surface area contributed by atoms with E-state index in [-0.39, 0.29) is 17.7 Å². The number of nitrogens with zero attached hydrogens (tertiary/aromatic N) is 1. The fourth-order valence-corrected chi connectivity index (χ4v) is 3.97. The average molecular weight is 308 g/mol. The SMILES string of the molecule is O=C(NCCCN1CCOCC1)[C@@H]1[C@H](C(=O)O)[C@@H]2C=C[C@H]1C2. The van der Waals surface area contributed by atoms with Gasteiger partial charge in [-0.25, -0.2) is 0 Å². The number of fused-ring (bicyclic) bond motifs is 2. The molecule has 22 heavy (non-hydrogen) atoms. The minimum atomic E-state index is -0.842. The Hall–Kier alpha value is -1.40. The number of carbonyl (C=O) groups excluding carboxylic acids is 1. The van der Waals surface area contributed by atoms with E-state index in [1.807, 2.05) is 12.2 Å². The molecular weight excluding hydrogens is 284 g/mol. The quantitative estimate of drug-likeness (QED) is 0.547. The van der Waals surface area contributed by atoms with Crippen LogP contribution in [0.1, 0.15) is 12.8 Å². The standard InChI is InChI=1S/C16H24N2O4/c19-15(17-4-1-5-18-6-8-22-9-7-18)13-11-2-3-12(10-11)14(13)16(20)21/h2-3,11-14H,1,4-10H2,(H,17,19)(H,20,21)/t11-,12+,13-,14+/m0/s1. The van der Waals surface area contributed by atoms with Crippen molar-refractivity contribution in [2.45, 2.75) is 12.8 Å². The summed E-state index contributed by atoms with van der Waals surface area (Å²) in [5.74, 6) is -1.74. The molecule has 1 saturated heterocycles. The molecule has 0 aromatic heterocycles. The summed E-state index contributed by atoms with van der Waals surface area (Å²) < 4.78 is 5.30. The Kier molecular flexibility index (Phi) is 4.78. The maximum absolute atomic E-state index is 12.4. The third kappa shape index (κ3) is 3.17. The van der Waals surface area contributed by atoms with Gasteiger partial charge in [0.15, 0.2) is 0 Å². The van der Waals surface area contributed by atoms with Gasteiger partial charge in [-0.1, -0.05) is 12.2 Å². The van der Waals surface area contributed by atoms with Gasteiger partial charge < -0.3 is 15.2 Å². The fourth-order valence-electron chi connectivity index (χ4n) is 3.97. The van der Waals surface area contributed by atoms with Crippen LogP contribution >= 0.6 is 0 Å². The van der Waals surface area contributed by atoms with Crippen LogP contribution in [0.5, 0.6) is 0 Å². The van der Waals surface area contributed by atoms with Gasteiger partial charge in [0, 0.05) is 19.6 Å². The molecule has 122 valence electrons. The van der Waals surface area contributed by atoms with Crippen molar-refractivity contribution >= 4 is 11.9 Å². The van der Waals surface area contributed by atoms with E-state index >= 15 is 0 Å². The third-order valence-electron chi connectivity index (χ3n) is 5.10. The number of amides is 1. The third-order valence-corrected chi connectivity index (χ3v) is 5.10. The van der Waals surface area contributed by atoms with Crippen molar-refractivity contribution in [3.05, 3.63) is 12.2 Å². The zero-order valence-corrected chi connectivity index (χ0v) is 12.7. The summed E-state index contributed by atoms with van der Waals surface area (Å²) >= 11 is 0. The van der Waals surface area contributed by atoms with E-state index in [0.717, 1.165) is 45.7 Å². The van der Waals surface area contributed by atoms with Gasteiger partial charge >= 0.3 is 5.97 Å². The lowest BCUT2D eigenvalue weighted by Crippen LogP contribution is -2.42. The lowest BCUT2D eigenvalue weighted by molar-refractivity contribution is -0.147. The Morgan fingerprint density at radius 1 is 1.18 bits per heavy atom.